The first-order valence-electron chi connectivity index (χ1n) is 15.2. The predicted molar refractivity (Wildman–Crippen MR) is 149 cm³/mol. The molecule has 10 heteroatoms. The van der Waals surface area contributed by atoms with E-state index in [9.17, 15) is 28.5 Å². The first-order valence-corrected chi connectivity index (χ1v) is 16.8. The van der Waals surface area contributed by atoms with Gasteiger partial charge >= 0.3 is 10.1 Å². The topological polar surface area (TPSA) is 144 Å². The lowest BCUT2D eigenvalue weighted by molar-refractivity contribution is -0.878. The van der Waals surface area contributed by atoms with Crippen molar-refractivity contribution in [1.82, 2.24) is 5.32 Å². The van der Waals surface area contributed by atoms with Crippen LogP contribution < -0.4 is 5.32 Å². The van der Waals surface area contributed by atoms with E-state index in [-0.39, 0.29) is 51.8 Å². The van der Waals surface area contributed by atoms with Crippen LogP contribution in [0.4, 0.5) is 0 Å². The van der Waals surface area contributed by atoms with Crippen molar-refractivity contribution in [3.05, 3.63) is 0 Å². The Kier molecular flexibility index (Phi) is 9.46. The maximum Gasteiger partial charge on any atom is 0.316 e. The number of nitrogens with one attached hydrogen (secondary N) is 1. The number of amides is 1. The number of fused-ring (bicyclic) bond motifs is 5. The van der Waals surface area contributed by atoms with E-state index in [0.717, 1.165) is 51.4 Å². The molecule has 226 valence electrons. The van der Waals surface area contributed by atoms with E-state index < -0.39 is 10.1 Å². The quantitative estimate of drug-likeness (QED) is 0.153. The molecule has 0 aromatic carbocycles. The lowest BCUT2D eigenvalue weighted by Crippen LogP contribution is -2.59. The summed E-state index contributed by atoms with van der Waals surface area (Å²) in [5, 5.41) is 36.0. The van der Waals surface area contributed by atoms with Crippen molar-refractivity contribution in [3.8, 4) is 0 Å². The highest BCUT2D eigenvalue weighted by molar-refractivity contribution is 7.85. The third-order valence-electron chi connectivity index (χ3n) is 11.4. The molecule has 9 nitrogen and oxygen atoms in total. The van der Waals surface area contributed by atoms with Gasteiger partial charge in [0.2, 0.25) is 11.8 Å². The lowest BCUT2D eigenvalue weighted by Gasteiger charge is -2.61. The molecule has 0 aromatic heterocycles. The van der Waals surface area contributed by atoms with Crippen molar-refractivity contribution < 1.29 is 37.6 Å². The molecular formula is C29H53N2O7S+. The number of aliphatic hydroxyl groups is 3. The van der Waals surface area contributed by atoms with Crippen molar-refractivity contribution in [2.75, 3.05) is 33.1 Å². The molecule has 4 aliphatic carbocycles. The molecular weight excluding hydrogens is 520 g/mol. The maximum absolute atomic E-state index is 12.5. The van der Waals surface area contributed by atoms with Crippen LogP contribution in [0.2, 0.25) is 0 Å². The van der Waals surface area contributed by atoms with E-state index in [1.165, 1.54) is 0 Å². The first-order chi connectivity index (χ1) is 18.1. The third kappa shape index (κ3) is 7.00. The van der Waals surface area contributed by atoms with Gasteiger partial charge in [0.1, 0.15) is 0 Å². The number of nitrogens with zero attached hydrogens (tertiary/aromatic N) is 1. The highest BCUT2D eigenvalue weighted by atomic mass is 32.2. The molecule has 4 saturated carbocycles. The number of quaternary nitrogens is 1. The first kappa shape index (κ1) is 31.2. The Bertz CT molecular complexity index is 975. The minimum Gasteiger partial charge on any atom is -0.393 e. The Hall–Kier alpha value is -0.780. The number of carbonyl (C=O) groups excluding carboxylic acids is 1. The van der Waals surface area contributed by atoms with E-state index in [2.05, 4.69) is 19.2 Å². The summed E-state index contributed by atoms with van der Waals surface area (Å²) in [5.74, 6) is 1.63. The normalized spacial score (nSPS) is 41.3. The summed E-state index contributed by atoms with van der Waals surface area (Å²) in [5.41, 5.74) is 0.0807. The van der Waals surface area contributed by atoms with Gasteiger partial charge in [0, 0.05) is 19.4 Å². The molecule has 0 bridgehead atoms. The van der Waals surface area contributed by atoms with Crippen molar-refractivity contribution in [3.63, 3.8) is 0 Å². The monoisotopic (exact) mass is 573 g/mol. The van der Waals surface area contributed by atoms with Crippen LogP contribution in [0, 0.1) is 46.8 Å². The second kappa shape index (κ2) is 11.8. The van der Waals surface area contributed by atoms with Crippen LogP contribution in [0.15, 0.2) is 0 Å². The minimum absolute atomic E-state index is 0.0121. The van der Waals surface area contributed by atoms with Gasteiger partial charge in [0.15, 0.2) is 0 Å². The van der Waals surface area contributed by atoms with Gasteiger partial charge in [0.25, 0.3) is 0 Å². The summed E-state index contributed by atoms with van der Waals surface area (Å²) >= 11 is 0. The van der Waals surface area contributed by atoms with E-state index >= 15 is 0 Å². The van der Waals surface area contributed by atoms with Crippen LogP contribution in [-0.4, -0.2) is 90.1 Å². The van der Waals surface area contributed by atoms with E-state index in [0.29, 0.717) is 55.5 Å². The predicted octanol–water partition coefficient (Wildman–Crippen LogP) is 2.40. The SMILES string of the molecule is CC(CCC(=O)NCCC[N+](C)(C)CS(=O)(=O)O)C1CCC2C1C(O)CC1C2C(O)CC2CC(O)CCC21C. The van der Waals surface area contributed by atoms with Crippen LogP contribution in [0.5, 0.6) is 0 Å². The van der Waals surface area contributed by atoms with Crippen LogP contribution >= 0.6 is 0 Å². The molecule has 39 heavy (non-hydrogen) atoms. The summed E-state index contributed by atoms with van der Waals surface area (Å²) in [6, 6.07) is 0. The Labute approximate surface area is 235 Å². The maximum atomic E-state index is 12.5. The van der Waals surface area contributed by atoms with Gasteiger partial charge in [-0.15, -0.1) is 0 Å². The fourth-order valence-corrected chi connectivity index (χ4v) is 10.5. The van der Waals surface area contributed by atoms with Crippen LogP contribution in [0.25, 0.3) is 0 Å². The molecule has 4 rings (SSSR count). The molecule has 0 heterocycles. The fourth-order valence-electron chi connectivity index (χ4n) is 9.51. The number of carbonyl (C=O) groups is 1. The smallest absolute Gasteiger partial charge is 0.316 e. The summed E-state index contributed by atoms with van der Waals surface area (Å²) in [6.45, 7) is 5.53. The van der Waals surface area contributed by atoms with Crippen LogP contribution in [-0.2, 0) is 14.9 Å². The summed E-state index contributed by atoms with van der Waals surface area (Å²) in [6.07, 6.45) is 6.92. The van der Waals surface area contributed by atoms with Gasteiger partial charge in [-0.2, -0.15) is 8.42 Å². The number of rotatable bonds is 10. The molecule has 0 aliphatic heterocycles. The van der Waals surface area contributed by atoms with Crippen molar-refractivity contribution in [1.29, 1.82) is 0 Å². The highest BCUT2D eigenvalue weighted by Crippen LogP contribution is 2.64. The largest absolute Gasteiger partial charge is 0.393 e. The van der Waals surface area contributed by atoms with Crippen molar-refractivity contribution in [2.45, 2.75) is 96.4 Å². The molecule has 11 unspecified atom stereocenters. The van der Waals surface area contributed by atoms with Gasteiger partial charge < -0.3 is 25.1 Å². The second-order valence-electron chi connectivity index (χ2n) is 14.5. The Morgan fingerprint density at radius 3 is 2.44 bits per heavy atom. The summed E-state index contributed by atoms with van der Waals surface area (Å²) in [7, 11) is -0.581. The number of aliphatic hydroxyl groups excluding tert-OH is 3. The minimum atomic E-state index is -4.05. The molecule has 1 amide bonds. The van der Waals surface area contributed by atoms with Gasteiger partial charge in [-0.25, -0.2) is 0 Å². The van der Waals surface area contributed by atoms with Crippen molar-refractivity contribution in [2.24, 2.45) is 46.8 Å². The van der Waals surface area contributed by atoms with Gasteiger partial charge in [-0.05, 0) is 98.2 Å². The average Bonchev–Trinajstić information content (AvgIpc) is 3.26. The molecule has 4 aliphatic rings. The van der Waals surface area contributed by atoms with E-state index in [1.807, 2.05) is 0 Å². The van der Waals surface area contributed by atoms with E-state index in [4.69, 9.17) is 4.55 Å². The highest BCUT2D eigenvalue weighted by Gasteiger charge is 2.61. The third-order valence-corrected chi connectivity index (χ3v) is 12.4. The summed E-state index contributed by atoms with van der Waals surface area (Å²) < 4.78 is 31.5. The molecule has 0 aromatic rings. The molecule has 0 spiro atoms. The Morgan fingerprint density at radius 2 is 1.74 bits per heavy atom. The molecule has 5 N–H and O–H groups in total. The second-order valence-corrected chi connectivity index (χ2v) is 15.9. The van der Waals surface area contributed by atoms with E-state index in [1.54, 1.807) is 14.1 Å². The zero-order valence-electron chi connectivity index (χ0n) is 24.3. The molecule has 0 saturated heterocycles. The van der Waals surface area contributed by atoms with Gasteiger partial charge in [0.05, 0.1) is 39.0 Å². The molecule has 11 atom stereocenters. The standard InChI is InChI=1S/C29H52N2O7S/c1-18(6-9-26(35)30-12-5-13-31(3,4)17-39(36,37)38)21-7-8-22-27(21)25(34)16-23-28(22)24(33)15-19-14-20(32)10-11-29(19,23)2/h18-25,27-28,32-34H,5-17H2,1-4H3,(H-,30,35,36,37,38)/p+1. The van der Waals surface area contributed by atoms with Gasteiger partial charge in [-0.3, -0.25) is 9.35 Å². The molecule has 4 fully saturated rings. The number of hydrogen-bond acceptors (Lipinski definition) is 6. The zero-order valence-corrected chi connectivity index (χ0v) is 25.2. The van der Waals surface area contributed by atoms with Crippen molar-refractivity contribution >= 4 is 16.0 Å². The lowest BCUT2D eigenvalue weighted by atomic mass is 9.45. The molecule has 0 radical (unpaired) electrons. The summed E-state index contributed by atoms with van der Waals surface area (Å²) in [4.78, 5) is 12.5. The van der Waals surface area contributed by atoms with Crippen LogP contribution in [0.3, 0.4) is 0 Å². The Morgan fingerprint density at radius 1 is 1.05 bits per heavy atom. The fraction of sp³-hybridized carbons (Fsp3) is 0.966. The zero-order chi connectivity index (χ0) is 28.8. The average molecular weight is 574 g/mol. The number of hydrogen-bond donors (Lipinski definition) is 5. The van der Waals surface area contributed by atoms with Gasteiger partial charge in [-0.1, -0.05) is 13.8 Å². The Balaban J connectivity index is 1.28. The van der Waals surface area contributed by atoms with Crippen LogP contribution in [0.1, 0.15) is 78.1 Å².